The van der Waals surface area contributed by atoms with Gasteiger partial charge in [0.1, 0.15) is 6.54 Å². The summed E-state index contributed by atoms with van der Waals surface area (Å²) >= 11 is 0. The molecule has 1 atom stereocenters. The fraction of sp³-hybridized carbons (Fsp3) is 0.500. The number of halogens is 3. The van der Waals surface area contributed by atoms with Crippen LogP contribution in [0.25, 0.3) is 0 Å². The van der Waals surface area contributed by atoms with Crippen molar-refractivity contribution in [2.75, 3.05) is 18.9 Å². The van der Waals surface area contributed by atoms with E-state index < -0.39 is 18.8 Å². The fourth-order valence-corrected chi connectivity index (χ4v) is 1.12. The molecule has 1 rings (SSSR count). The van der Waals surface area contributed by atoms with E-state index in [1.54, 1.807) is 12.4 Å². The van der Waals surface area contributed by atoms with Gasteiger partial charge in [0.25, 0.3) is 0 Å². The van der Waals surface area contributed by atoms with Gasteiger partial charge in [0, 0.05) is 6.04 Å². The lowest BCUT2D eigenvalue weighted by Gasteiger charge is -2.11. The van der Waals surface area contributed by atoms with Crippen molar-refractivity contribution >= 4 is 11.8 Å². The molecule has 0 aliphatic carbocycles. The van der Waals surface area contributed by atoms with E-state index in [2.05, 4.69) is 20.6 Å². The highest BCUT2D eigenvalue weighted by atomic mass is 19.4. The largest absolute Gasteiger partial charge is 0.405 e. The van der Waals surface area contributed by atoms with Crippen molar-refractivity contribution in [3.8, 4) is 0 Å². The summed E-state index contributed by atoms with van der Waals surface area (Å²) in [6.07, 6.45) is -1.74. The number of hydrogen-bond donors (Lipinski definition) is 3. The van der Waals surface area contributed by atoms with Crippen molar-refractivity contribution in [1.82, 2.24) is 20.6 Å². The predicted molar refractivity (Wildman–Crippen MR) is 62.6 cm³/mol. The summed E-state index contributed by atoms with van der Waals surface area (Å²) in [6.45, 7) is 0.467. The van der Waals surface area contributed by atoms with Crippen molar-refractivity contribution in [1.29, 1.82) is 0 Å². The van der Waals surface area contributed by atoms with E-state index in [0.29, 0.717) is 5.69 Å². The second-order valence-corrected chi connectivity index (χ2v) is 3.76. The SMILES string of the molecule is CNC(C)c1cnc(NC(=O)NCC(F)(F)F)cn1. The second kappa shape index (κ2) is 6.32. The molecule has 0 aromatic carbocycles. The summed E-state index contributed by atoms with van der Waals surface area (Å²) in [5.41, 5.74) is 0.656. The fourth-order valence-electron chi connectivity index (χ4n) is 1.12. The number of urea groups is 1. The van der Waals surface area contributed by atoms with Gasteiger partial charge in [0.05, 0.1) is 18.1 Å². The molecule has 1 heterocycles. The minimum Gasteiger partial charge on any atom is -0.329 e. The van der Waals surface area contributed by atoms with Gasteiger partial charge in [-0.15, -0.1) is 0 Å². The number of anilines is 1. The maximum absolute atomic E-state index is 11.9. The number of aromatic nitrogens is 2. The van der Waals surface area contributed by atoms with Crippen LogP contribution in [-0.4, -0.2) is 35.8 Å². The molecule has 1 unspecified atom stereocenters. The van der Waals surface area contributed by atoms with E-state index in [1.807, 2.05) is 6.92 Å². The normalized spacial score (nSPS) is 12.9. The van der Waals surface area contributed by atoms with E-state index in [0.717, 1.165) is 0 Å². The second-order valence-electron chi connectivity index (χ2n) is 3.76. The Morgan fingerprint density at radius 3 is 2.53 bits per heavy atom. The predicted octanol–water partition coefficient (Wildman–Crippen LogP) is 1.44. The average molecular weight is 277 g/mol. The molecule has 106 valence electrons. The number of rotatable bonds is 4. The molecule has 0 aliphatic rings. The van der Waals surface area contributed by atoms with Crippen LogP contribution in [0.5, 0.6) is 0 Å². The van der Waals surface area contributed by atoms with Crippen LogP contribution in [-0.2, 0) is 0 Å². The van der Waals surface area contributed by atoms with E-state index in [1.165, 1.54) is 12.4 Å². The Kier molecular flexibility index (Phi) is 5.04. The molecule has 6 nitrogen and oxygen atoms in total. The third kappa shape index (κ3) is 5.51. The first-order chi connectivity index (χ1) is 8.81. The Labute approximate surface area is 107 Å². The first-order valence-corrected chi connectivity index (χ1v) is 5.42. The van der Waals surface area contributed by atoms with Crippen molar-refractivity contribution in [3.63, 3.8) is 0 Å². The number of alkyl halides is 3. The Bertz CT molecular complexity index is 420. The summed E-state index contributed by atoms with van der Waals surface area (Å²) in [6, 6.07) is -0.998. The minimum absolute atomic E-state index is 0.0133. The van der Waals surface area contributed by atoms with E-state index in [-0.39, 0.29) is 11.9 Å². The van der Waals surface area contributed by atoms with Crippen LogP contribution in [0.4, 0.5) is 23.8 Å². The summed E-state index contributed by atoms with van der Waals surface area (Å²) in [5.74, 6) is 0.0757. The number of nitrogens with zero attached hydrogens (tertiary/aromatic N) is 2. The van der Waals surface area contributed by atoms with Crippen LogP contribution in [0.15, 0.2) is 12.4 Å². The highest BCUT2D eigenvalue weighted by Crippen LogP contribution is 2.12. The van der Waals surface area contributed by atoms with Crippen molar-refractivity contribution in [2.24, 2.45) is 0 Å². The highest BCUT2D eigenvalue weighted by Gasteiger charge is 2.27. The van der Waals surface area contributed by atoms with Gasteiger partial charge in [0.15, 0.2) is 5.82 Å². The molecule has 3 N–H and O–H groups in total. The molecule has 1 aromatic rings. The lowest BCUT2D eigenvalue weighted by atomic mass is 10.2. The summed E-state index contributed by atoms with van der Waals surface area (Å²) in [5, 5.41) is 6.77. The van der Waals surface area contributed by atoms with Gasteiger partial charge in [-0.1, -0.05) is 0 Å². The quantitative estimate of drug-likeness (QED) is 0.778. The summed E-state index contributed by atoms with van der Waals surface area (Å²) in [4.78, 5) is 19.0. The van der Waals surface area contributed by atoms with Gasteiger partial charge in [-0.2, -0.15) is 13.2 Å². The number of nitrogens with one attached hydrogen (secondary N) is 3. The smallest absolute Gasteiger partial charge is 0.329 e. The Balaban J connectivity index is 2.51. The number of carbonyl (C=O) groups excluding carboxylic acids is 1. The lowest BCUT2D eigenvalue weighted by molar-refractivity contribution is -0.122. The molecular weight excluding hydrogens is 263 g/mol. The van der Waals surface area contributed by atoms with Gasteiger partial charge >= 0.3 is 12.2 Å². The first-order valence-electron chi connectivity index (χ1n) is 5.42. The zero-order valence-electron chi connectivity index (χ0n) is 10.4. The number of amides is 2. The van der Waals surface area contributed by atoms with Crippen LogP contribution >= 0.6 is 0 Å². The Morgan fingerprint density at radius 1 is 1.37 bits per heavy atom. The molecular formula is C10H14F3N5O. The van der Waals surface area contributed by atoms with E-state index >= 15 is 0 Å². The highest BCUT2D eigenvalue weighted by molar-refractivity contribution is 5.87. The molecule has 0 bridgehead atoms. The first kappa shape index (κ1) is 15.2. The molecule has 1 aromatic heterocycles. The van der Waals surface area contributed by atoms with Crippen molar-refractivity contribution in [3.05, 3.63) is 18.1 Å². The standard InChI is InChI=1S/C10H14F3N5O/c1-6(14-2)7-3-16-8(4-15-7)18-9(19)17-5-10(11,12)13/h3-4,6,14H,5H2,1-2H3,(H2,16,17,18,19). The van der Waals surface area contributed by atoms with Gasteiger partial charge in [-0.05, 0) is 14.0 Å². The van der Waals surface area contributed by atoms with E-state index in [9.17, 15) is 18.0 Å². The Hall–Kier alpha value is -1.90. The lowest BCUT2D eigenvalue weighted by Crippen LogP contribution is -2.36. The molecule has 0 saturated carbocycles. The molecule has 19 heavy (non-hydrogen) atoms. The Morgan fingerprint density at radius 2 is 2.05 bits per heavy atom. The van der Waals surface area contributed by atoms with Gasteiger partial charge in [-0.25, -0.2) is 9.78 Å². The van der Waals surface area contributed by atoms with Crippen LogP contribution in [0.1, 0.15) is 18.7 Å². The topological polar surface area (TPSA) is 78.9 Å². The van der Waals surface area contributed by atoms with Crippen LogP contribution in [0.2, 0.25) is 0 Å². The molecule has 0 aliphatic heterocycles. The zero-order valence-corrected chi connectivity index (χ0v) is 10.4. The minimum atomic E-state index is -4.45. The number of carbonyl (C=O) groups is 1. The van der Waals surface area contributed by atoms with Crippen LogP contribution in [0.3, 0.4) is 0 Å². The monoisotopic (exact) mass is 277 g/mol. The van der Waals surface area contributed by atoms with Crippen molar-refractivity contribution < 1.29 is 18.0 Å². The summed E-state index contributed by atoms with van der Waals surface area (Å²) in [7, 11) is 1.75. The zero-order chi connectivity index (χ0) is 14.5. The summed E-state index contributed by atoms with van der Waals surface area (Å²) < 4.78 is 35.6. The third-order valence-electron chi connectivity index (χ3n) is 2.24. The van der Waals surface area contributed by atoms with Crippen molar-refractivity contribution in [2.45, 2.75) is 19.1 Å². The van der Waals surface area contributed by atoms with Gasteiger partial charge in [-0.3, -0.25) is 10.3 Å². The maximum atomic E-state index is 11.9. The molecule has 0 saturated heterocycles. The van der Waals surface area contributed by atoms with Crippen LogP contribution < -0.4 is 16.0 Å². The van der Waals surface area contributed by atoms with E-state index in [4.69, 9.17) is 0 Å². The number of hydrogen-bond acceptors (Lipinski definition) is 4. The molecule has 0 fully saturated rings. The molecule has 0 spiro atoms. The molecule has 9 heteroatoms. The van der Waals surface area contributed by atoms with Gasteiger partial charge < -0.3 is 10.6 Å². The van der Waals surface area contributed by atoms with Gasteiger partial charge in [0.2, 0.25) is 0 Å². The third-order valence-corrected chi connectivity index (χ3v) is 2.24. The maximum Gasteiger partial charge on any atom is 0.405 e. The molecule has 0 radical (unpaired) electrons. The molecule has 2 amide bonds. The van der Waals surface area contributed by atoms with Crippen LogP contribution in [0, 0.1) is 0 Å². The average Bonchev–Trinajstić information content (AvgIpc) is 2.35.